The fourth-order valence-corrected chi connectivity index (χ4v) is 2.92. The van der Waals surface area contributed by atoms with Gasteiger partial charge in [0.05, 0.1) is 12.6 Å². The summed E-state index contributed by atoms with van der Waals surface area (Å²) in [6, 6.07) is 27.1. The molecule has 0 fully saturated rings. The average Bonchev–Trinajstić information content (AvgIpc) is 2.69. The molecule has 1 N–H and O–H groups in total. The highest BCUT2D eigenvalue weighted by atomic mass is 16.5. The van der Waals surface area contributed by atoms with E-state index in [1.165, 1.54) is 0 Å². The Morgan fingerprint density at radius 1 is 0.840 bits per heavy atom. The molecule has 0 aliphatic heterocycles. The topological polar surface area (TPSA) is 38.3 Å². The summed E-state index contributed by atoms with van der Waals surface area (Å²) >= 11 is 0. The minimum Gasteiger partial charge on any atom is -0.497 e. The Balaban J connectivity index is 2.00. The highest BCUT2D eigenvalue weighted by molar-refractivity contribution is 5.95. The molecule has 0 bridgehead atoms. The number of nitrogens with one attached hydrogen (secondary N) is 1. The Morgan fingerprint density at radius 3 is 1.92 bits per heavy atom. The van der Waals surface area contributed by atoms with Crippen LogP contribution in [0.2, 0.25) is 0 Å². The molecule has 0 saturated heterocycles. The first-order valence-electron chi connectivity index (χ1n) is 8.21. The van der Waals surface area contributed by atoms with Gasteiger partial charge in [-0.15, -0.1) is 0 Å². The van der Waals surface area contributed by atoms with Crippen molar-refractivity contribution in [3.63, 3.8) is 0 Å². The standard InChI is InChI=1S/C22H21NO2/c1-22(18-11-5-3-6-12-18,19-13-7-4-8-14-19)23-21(24)17-10-9-15-20(16-17)25-2/h3-16H,1-2H3,(H,23,24). The first kappa shape index (κ1) is 16.8. The van der Waals surface area contributed by atoms with Gasteiger partial charge in [-0.1, -0.05) is 66.7 Å². The fourth-order valence-electron chi connectivity index (χ4n) is 2.92. The lowest BCUT2D eigenvalue weighted by Crippen LogP contribution is -2.44. The van der Waals surface area contributed by atoms with Crippen LogP contribution in [0.15, 0.2) is 84.9 Å². The van der Waals surface area contributed by atoms with E-state index in [1.807, 2.05) is 79.7 Å². The molecule has 0 heterocycles. The lowest BCUT2D eigenvalue weighted by atomic mass is 9.84. The van der Waals surface area contributed by atoms with E-state index in [0.717, 1.165) is 11.1 Å². The fraction of sp³-hybridized carbons (Fsp3) is 0.136. The SMILES string of the molecule is COc1cccc(C(=O)NC(C)(c2ccccc2)c2ccccc2)c1. The number of carbonyl (C=O) groups excluding carboxylic acids is 1. The monoisotopic (exact) mass is 331 g/mol. The van der Waals surface area contributed by atoms with Gasteiger partial charge in [0.1, 0.15) is 5.75 Å². The molecule has 0 radical (unpaired) electrons. The summed E-state index contributed by atoms with van der Waals surface area (Å²) in [6.07, 6.45) is 0. The number of rotatable bonds is 5. The lowest BCUT2D eigenvalue weighted by Gasteiger charge is -2.32. The van der Waals surface area contributed by atoms with E-state index in [0.29, 0.717) is 11.3 Å². The number of benzene rings is 3. The van der Waals surface area contributed by atoms with Crippen LogP contribution in [0.3, 0.4) is 0 Å². The van der Waals surface area contributed by atoms with Gasteiger partial charge in [0, 0.05) is 5.56 Å². The number of carbonyl (C=O) groups is 1. The Bertz CT molecular complexity index is 805. The normalized spacial score (nSPS) is 11.0. The van der Waals surface area contributed by atoms with Crippen LogP contribution in [0.4, 0.5) is 0 Å². The van der Waals surface area contributed by atoms with Gasteiger partial charge in [-0.3, -0.25) is 4.79 Å². The highest BCUT2D eigenvalue weighted by Gasteiger charge is 2.30. The van der Waals surface area contributed by atoms with E-state index in [4.69, 9.17) is 4.74 Å². The zero-order valence-electron chi connectivity index (χ0n) is 14.4. The second-order valence-corrected chi connectivity index (χ2v) is 6.04. The van der Waals surface area contributed by atoms with E-state index < -0.39 is 5.54 Å². The highest BCUT2D eigenvalue weighted by Crippen LogP contribution is 2.29. The van der Waals surface area contributed by atoms with Crippen LogP contribution >= 0.6 is 0 Å². The molecule has 3 aromatic rings. The lowest BCUT2D eigenvalue weighted by molar-refractivity contribution is 0.0918. The van der Waals surface area contributed by atoms with Gasteiger partial charge in [0.15, 0.2) is 0 Å². The quantitative estimate of drug-likeness (QED) is 0.753. The Labute approximate surface area is 148 Å². The van der Waals surface area contributed by atoms with Crippen molar-refractivity contribution >= 4 is 5.91 Å². The van der Waals surface area contributed by atoms with Crippen LogP contribution in [0.1, 0.15) is 28.4 Å². The molecule has 0 aliphatic carbocycles. The molecule has 25 heavy (non-hydrogen) atoms. The van der Waals surface area contributed by atoms with Crippen molar-refractivity contribution in [2.75, 3.05) is 7.11 Å². The van der Waals surface area contributed by atoms with Crippen molar-refractivity contribution in [3.8, 4) is 5.75 Å². The molecule has 0 aliphatic rings. The molecule has 0 aromatic heterocycles. The summed E-state index contributed by atoms with van der Waals surface area (Å²) in [5, 5.41) is 3.20. The molecule has 0 saturated carbocycles. The first-order chi connectivity index (χ1) is 12.1. The van der Waals surface area contributed by atoms with Crippen LogP contribution < -0.4 is 10.1 Å². The van der Waals surface area contributed by atoms with Crippen molar-refractivity contribution < 1.29 is 9.53 Å². The smallest absolute Gasteiger partial charge is 0.252 e. The van der Waals surface area contributed by atoms with E-state index in [9.17, 15) is 4.79 Å². The van der Waals surface area contributed by atoms with Crippen LogP contribution in [0.5, 0.6) is 5.75 Å². The summed E-state index contributed by atoms with van der Waals surface area (Å²) in [5.74, 6) is 0.517. The van der Waals surface area contributed by atoms with E-state index in [1.54, 1.807) is 19.2 Å². The number of amides is 1. The van der Waals surface area contributed by atoms with Crippen molar-refractivity contribution in [2.45, 2.75) is 12.5 Å². The van der Waals surface area contributed by atoms with Crippen LogP contribution in [-0.2, 0) is 5.54 Å². The minimum atomic E-state index is -0.636. The molecule has 3 aromatic carbocycles. The van der Waals surface area contributed by atoms with E-state index >= 15 is 0 Å². The third kappa shape index (κ3) is 3.56. The molecule has 126 valence electrons. The van der Waals surface area contributed by atoms with Gasteiger partial charge in [-0.25, -0.2) is 0 Å². The summed E-state index contributed by atoms with van der Waals surface area (Å²) in [4.78, 5) is 12.9. The van der Waals surface area contributed by atoms with E-state index in [2.05, 4.69) is 5.32 Å². The van der Waals surface area contributed by atoms with Crippen molar-refractivity contribution in [1.29, 1.82) is 0 Å². The molecule has 0 unspecified atom stereocenters. The zero-order valence-corrected chi connectivity index (χ0v) is 14.4. The second kappa shape index (κ2) is 7.22. The maximum atomic E-state index is 12.9. The number of hydrogen-bond donors (Lipinski definition) is 1. The van der Waals surface area contributed by atoms with E-state index in [-0.39, 0.29) is 5.91 Å². The first-order valence-corrected chi connectivity index (χ1v) is 8.21. The van der Waals surface area contributed by atoms with Gasteiger partial charge in [0.2, 0.25) is 0 Å². The predicted molar refractivity (Wildman–Crippen MR) is 99.8 cm³/mol. The molecule has 1 amide bonds. The summed E-state index contributed by atoms with van der Waals surface area (Å²) in [6.45, 7) is 2.02. The second-order valence-electron chi connectivity index (χ2n) is 6.04. The molecule has 0 atom stereocenters. The number of methoxy groups -OCH3 is 1. The largest absolute Gasteiger partial charge is 0.497 e. The van der Waals surface area contributed by atoms with Crippen LogP contribution in [0, 0.1) is 0 Å². The molecule has 3 nitrogen and oxygen atoms in total. The Morgan fingerprint density at radius 2 is 1.40 bits per heavy atom. The average molecular weight is 331 g/mol. The Kier molecular flexibility index (Phi) is 4.85. The van der Waals surface area contributed by atoms with Gasteiger partial charge in [-0.2, -0.15) is 0 Å². The van der Waals surface area contributed by atoms with Gasteiger partial charge in [0.25, 0.3) is 5.91 Å². The number of hydrogen-bond acceptors (Lipinski definition) is 2. The van der Waals surface area contributed by atoms with Crippen molar-refractivity contribution in [1.82, 2.24) is 5.32 Å². The maximum Gasteiger partial charge on any atom is 0.252 e. The van der Waals surface area contributed by atoms with Gasteiger partial charge in [-0.05, 0) is 36.2 Å². The molecule has 3 heteroatoms. The van der Waals surface area contributed by atoms with Crippen LogP contribution in [0.25, 0.3) is 0 Å². The Hall–Kier alpha value is -3.07. The summed E-state index contributed by atoms with van der Waals surface area (Å²) in [5.41, 5.74) is 1.98. The third-order valence-corrected chi connectivity index (χ3v) is 4.40. The maximum absolute atomic E-state index is 12.9. The van der Waals surface area contributed by atoms with Crippen molar-refractivity contribution in [2.24, 2.45) is 0 Å². The van der Waals surface area contributed by atoms with Crippen molar-refractivity contribution in [3.05, 3.63) is 102 Å². The molecular formula is C22H21NO2. The van der Waals surface area contributed by atoms with Gasteiger partial charge >= 0.3 is 0 Å². The summed E-state index contributed by atoms with van der Waals surface area (Å²) in [7, 11) is 1.59. The molecule has 3 rings (SSSR count). The minimum absolute atomic E-state index is 0.144. The number of ether oxygens (including phenoxy) is 1. The zero-order chi connectivity index (χ0) is 17.7. The third-order valence-electron chi connectivity index (χ3n) is 4.40. The van der Waals surface area contributed by atoms with Gasteiger partial charge < -0.3 is 10.1 Å². The van der Waals surface area contributed by atoms with Crippen LogP contribution in [-0.4, -0.2) is 13.0 Å². The predicted octanol–water partition coefficient (Wildman–Crippen LogP) is 4.39. The summed E-state index contributed by atoms with van der Waals surface area (Å²) < 4.78 is 5.22. The molecular weight excluding hydrogens is 310 g/mol. The molecule has 0 spiro atoms.